The van der Waals surface area contributed by atoms with Crippen LogP contribution >= 0.6 is 11.8 Å². The molecule has 0 unspecified atom stereocenters. The Morgan fingerprint density at radius 3 is 2.84 bits per heavy atom. The highest BCUT2D eigenvalue weighted by molar-refractivity contribution is 8.00. The van der Waals surface area contributed by atoms with E-state index in [0.717, 1.165) is 32.9 Å². The smallest absolute Gasteiger partial charge is 0.130 e. The monoisotopic (exact) mass is 355 g/mol. The Morgan fingerprint density at radius 1 is 1.16 bits per heavy atom. The molecule has 0 aliphatic heterocycles. The van der Waals surface area contributed by atoms with Crippen molar-refractivity contribution in [2.45, 2.75) is 29.6 Å². The number of hydrogen-bond acceptors (Lipinski definition) is 4. The van der Waals surface area contributed by atoms with Crippen LogP contribution < -0.4 is 9.47 Å². The lowest BCUT2D eigenvalue weighted by molar-refractivity contribution is 0.309. The van der Waals surface area contributed by atoms with Crippen molar-refractivity contribution in [3.05, 3.63) is 60.0 Å². The highest BCUT2D eigenvalue weighted by Gasteiger charge is 2.22. The predicted octanol–water partition coefficient (Wildman–Crippen LogP) is 5.22. The topological polar surface area (TPSA) is 31.4 Å². The second-order valence-electron chi connectivity index (χ2n) is 6.09. The number of rotatable bonds is 6. The Bertz CT molecular complexity index is 911. The van der Waals surface area contributed by atoms with E-state index in [4.69, 9.17) is 9.47 Å². The van der Waals surface area contributed by atoms with Crippen LogP contribution in [0.1, 0.15) is 18.4 Å². The second-order valence-corrected chi connectivity index (χ2v) is 7.47. The molecule has 1 fully saturated rings. The van der Waals surface area contributed by atoms with E-state index in [0.29, 0.717) is 11.9 Å². The van der Waals surface area contributed by atoms with Crippen molar-refractivity contribution in [1.82, 2.24) is 4.98 Å². The predicted molar refractivity (Wildman–Crippen MR) is 97.9 cm³/mol. The summed E-state index contributed by atoms with van der Waals surface area (Å²) in [6, 6.07) is 12.6. The molecule has 128 valence electrons. The van der Waals surface area contributed by atoms with E-state index >= 15 is 0 Å². The van der Waals surface area contributed by atoms with Gasteiger partial charge in [-0.2, -0.15) is 0 Å². The Hall–Kier alpha value is -2.27. The average Bonchev–Trinajstić information content (AvgIpc) is 3.42. The highest BCUT2D eigenvalue weighted by Crippen LogP contribution is 2.39. The van der Waals surface area contributed by atoms with Crippen LogP contribution in [0.3, 0.4) is 0 Å². The zero-order valence-electron chi connectivity index (χ0n) is 13.9. The minimum absolute atomic E-state index is 0.214. The van der Waals surface area contributed by atoms with Crippen LogP contribution in [0, 0.1) is 5.82 Å². The summed E-state index contributed by atoms with van der Waals surface area (Å²) in [5.74, 6) is 1.27. The molecule has 0 saturated heterocycles. The van der Waals surface area contributed by atoms with Crippen molar-refractivity contribution in [3.63, 3.8) is 0 Å². The van der Waals surface area contributed by atoms with E-state index in [2.05, 4.69) is 4.98 Å². The van der Waals surface area contributed by atoms with Crippen LogP contribution in [0.4, 0.5) is 4.39 Å². The fraction of sp³-hybridized carbons (Fsp3) is 0.250. The van der Waals surface area contributed by atoms with Crippen molar-refractivity contribution in [3.8, 4) is 11.5 Å². The molecule has 0 spiro atoms. The number of methoxy groups -OCH3 is 1. The summed E-state index contributed by atoms with van der Waals surface area (Å²) in [5, 5.41) is 1.56. The third kappa shape index (κ3) is 3.87. The van der Waals surface area contributed by atoms with Gasteiger partial charge < -0.3 is 9.47 Å². The molecule has 0 atom stereocenters. The molecule has 0 amide bonds. The summed E-state index contributed by atoms with van der Waals surface area (Å²) < 4.78 is 25.1. The van der Waals surface area contributed by atoms with Crippen LogP contribution in [0.25, 0.3) is 10.9 Å². The van der Waals surface area contributed by atoms with E-state index < -0.39 is 0 Å². The van der Waals surface area contributed by atoms with Crippen molar-refractivity contribution < 1.29 is 13.9 Å². The maximum absolute atomic E-state index is 13.9. The van der Waals surface area contributed by atoms with Gasteiger partial charge in [-0.3, -0.25) is 4.98 Å². The Labute approximate surface area is 150 Å². The summed E-state index contributed by atoms with van der Waals surface area (Å²) in [6.45, 7) is 0.321. The van der Waals surface area contributed by atoms with Crippen molar-refractivity contribution in [2.75, 3.05) is 7.11 Å². The van der Waals surface area contributed by atoms with Gasteiger partial charge in [0.1, 0.15) is 23.9 Å². The Kier molecular flexibility index (Phi) is 4.49. The first-order valence-electron chi connectivity index (χ1n) is 8.23. The molecular formula is C20H18FNO2S. The van der Waals surface area contributed by atoms with Crippen molar-refractivity contribution >= 4 is 22.7 Å². The van der Waals surface area contributed by atoms with Gasteiger partial charge >= 0.3 is 0 Å². The normalized spacial score (nSPS) is 13.8. The zero-order chi connectivity index (χ0) is 17.2. The molecule has 2 aromatic carbocycles. The number of hydrogen-bond donors (Lipinski definition) is 0. The number of aromatic nitrogens is 1. The quantitative estimate of drug-likeness (QED) is 0.607. The van der Waals surface area contributed by atoms with Crippen LogP contribution in [-0.2, 0) is 6.61 Å². The lowest BCUT2D eigenvalue weighted by Gasteiger charge is -2.11. The van der Waals surface area contributed by atoms with Gasteiger partial charge in [0, 0.05) is 27.8 Å². The largest absolute Gasteiger partial charge is 0.497 e. The molecule has 3 nitrogen and oxygen atoms in total. The molecule has 0 bridgehead atoms. The number of halogens is 1. The molecule has 1 aromatic heterocycles. The number of fused-ring (bicyclic) bond motifs is 1. The van der Waals surface area contributed by atoms with Crippen molar-refractivity contribution in [1.29, 1.82) is 0 Å². The molecule has 3 aromatic rings. The molecule has 5 heteroatoms. The van der Waals surface area contributed by atoms with Gasteiger partial charge in [-0.1, -0.05) is 0 Å². The van der Waals surface area contributed by atoms with Gasteiger partial charge in [-0.05, 0) is 54.8 Å². The molecule has 1 heterocycles. The maximum atomic E-state index is 13.9. The Morgan fingerprint density at radius 2 is 2.04 bits per heavy atom. The summed E-state index contributed by atoms with van der Waals surface area (Å²) in [6.07, 6.45) is 4.15. The van der Waals surface area contributed by atoms with E-state index in [9.17, 15) is 4.39 Å². The van der Waals surface area contributed by atoms with E-state index in [1.54, 1.807) is 31.1 Å². The summed E-state index contributed by atoms with van der Waals surface area (Å²) in [7, 11) is 1.63. The fourth-order valence-electron chi connectivity index (χ4n) is 2.67. The third-order valence-electron chi connectivity index (χ3n) is 4.06. The first kappa shape index (κ1) is 16.2. The van der Waals surface area contributed by atoms with Gasteiger partial charge in [-0.15, -0.1) is 11.8 Å². The van der Waals surface area contributed by atoms with E-state index in [-0.39, 0.29) is 5.82 Å². The van der Waals surface area contributed by atoms with Crippen molar-refractivity contribution in [2.24, 2.45) is 0 Å². The summed E-state index contributed by atoms with van der Waals surface area (Å²) in [4.78, 5) is 5.33. The lowest BCUT2D eigenvalue weighted by atomic mass is 10.2. The minimum atomic E-state index is -0.214. The van der Waals surface area contributed by atoms with E-state index in [1.165, 1.54) is 18.9 Å². The SMILES string of the molecule is COc1ccc2c(OCc3cc(F)cc(SC4CC4)c3)ccnc2c1. The Balaban J connectivity index is 1.54. The molecule has 1 saturated carbocycles. The standard InChI is InChI=1S/C20H18FNO2S/c1-23-15-2-5-18-19(11-15)22-7-6-20(18)24-12-13-8-14(21)10-17(9-13)25-16-3-4-16/h2,5-11,16H,3-4,12H2,1H3. The number of benzene rings is 2. The molecule has 4 rings (SSSR count). The number of ether oxygens (including phenoxy) is 2. The molecular weight excluding hydrogens is 337 g/mol. The molecule has 0 radical (unpaired) electrons. The number of thioether (sulfide) groups is 1. The molecule has 1 aliphatic rings. The molecule has 25 heavy (non-hydrogen) atoms. The van der Waals surface area contributed by atoms with Crippen LogP contribution in [0.2, 0.25) is 0 Å². The highest BCUT2D eigenvalue weighted by atomic mass is 32.2. The molecule has 1 aliphatic carbocycles. The number of pyridine rings is 1. The van der Waals surface area contributed by atoms with Gasteiger partial charge in [0.15, 0.2) is 0 Å². The fourth-order valence-corrected chi connectivity index (χ4v) is 3.82. The first-order valence-corrected chi connectivity index (χ1v) is 9.11. The third-order valence-corrected chi connectivity index (χ3v) is 5.38. The lowest BCUT2D eigenvalue weighted by Crippen LogP contribution is -1.98. The second kappa shape index (κ2) is 6.92. The maximum Gasteiger partial charge on any atom is 0.130 e. The summed E-state index contributed by atoms with van der Waals surface area (Å²) >= 11 is 1.75. The zero-order valence-corrected chi connectivity index (χ0v) is 14.7. The average molecular weight is 355 g/mol. The summed E-state index contributed by atoms with van der Waals surface area (Å²) in [5.41, 5.74) is 1.64. The van der Waals surface area contributed by atoms with Gasteiger partial charge in [0.2, 0.25) is 0 Å². The number of nitrogens with zero attached hydrogens (tertiary/aromatic N) is 1. The van der Waals surface area contributed by atoms with Crippen LogP contribution in [-0.4, -0.2) is 17.3 Å². The van der Waals surface area contributed by atoms with Gasteiger partial charge in [0.25, 0.3) is 0 Å². The molecule has 0 N–H and O–H groups in total. The minimum Gasteiger partial charge on any atom is -0.497 e. The van der Waals surface area contributed by atoms with E-state index in [1.807, 2.05) is 30.3 Å². The van der Waals surface area contributed by atoms with Crippen LogP contribution in [0.5, 0.6) is 11.5 Å². The van der Waals surface area contributed by atoms with Gasteiger partial charge in [0.05, 0.1) is 12.6 Å². The van der Waals surface area contributed by atoms with Crippen LogP contribution in [0.15, 0.2) is 53.6 Å². The van der Waals surface area contributed by atoms with Gasteiger partial charge in [-0.25, -0.2) is 4.39 Å². The first-order chi connectivity index (χ1) is 12.2.